The predicted molar refractivity (Wildman–Crippen MR) is 48.6 cm³/mol. The molecule has 1 rings (SSSR count). The molecule has 0 aromatic carbocycles. The summed E-state index contributed by atoms with van der Waals surface area (Å²) in [5.74, 6) is 0.669. The van der Waals surface area contributed by atoms with Crippen LogP contribution in [0.15, 0.2) is 0 Å². The van der Waals surface area contributed by atoms with E-state index in [-0.39, 0.29) is 5.91 Å². The van der Waals surface area contributed by atoms with Crippen LogP contribution >= 0.6 is 0 Å². The van der Waals surface area contributed by atoms with Crippen LogP contribution < -0.4 is 11.1 Å². The van der Waals surface area contributed by atoms with E-state index >= 15 is 0 Å². The van der Waals surface area contributed by atoms with Gasteiger partial charge in [-0.05, 0) is 25.2 Å². The Kier molecular flexibility index (Phi) is 3.53. The Balaban J connectivity index is 2.27. The second-order valence-electron chi connectivity index (χ2n) is 3.67. The summed E-state index contributed by atoms with van der Waals surface area (Å²) in [7, 11) is 1.69. The highest BCUT2D eigenvalue weighted by Crippen LogP contribution is 2.25. The van der Waals surface area contributed by atoms with Crippen molar-refractivity contribution in [2.75, 3.05) is 7.05 Å². The number of carbonyl (C=O) groups excluding carboxylic acids is 1. The standard InChI is InChI=1S/C9H18N2O/c1-11-9(12)6-7-3-2-4-8(10)5-7/h7-8H,2-6,10H2,1H3,(H,11,12). The number of hydrogen-bond donors (Lipinski definition) is 2. The summed E-state index contributed by atoms with van der Waals surface area (Å²) in [4.78, 5) is 11.0. The Labute approximate surface area is 73.7 Å². The summed E-state index contributed by atoms with van der Waals surface area (Å²) in [6.07, 6.45) is 5.16. The fourth-order valence-electron chi connectivity index (χ4n) is 1.88. The minimum absolute atomic E-state index is 0.147. The second kappa shape index (κ2) is 4.45. The SMILES string of the molecule is CNC(=O)CC1CCCC(N)C1. The normalized spacial score (nSPS) is 29.8. The van der Waals surface area contributed by atoms with Crippen molar-refractivity contribution >= 4 is 5.91 Å². The zero-order valence-corrected chi connectivity index (χ0v) is 7.68. The van der Waals surface area contributed by atoms with Gasteiger partial charge in [0.1, 0.15) is 0 Å². The van der Waals surface area contributed by atoms with E-state index in [1.54, 1.807) is 7.05 Å². The summed E-state index contributed by atoms with van der Waals surface area (Å²) in [6.45, 7) is 0. The van der Waals surface area contributed by atoms with E-state index in [0.29, 0.717) is 18.4 Å². The third-order valence-corrected chi connectivity index (χ3v) is 2.58. The molecular weight excluding hydrogens is 152 g/mol. The van der Waals surface area contributed by atoms with Crippen LogP contribution in [0.3, 0.4) is 0 Å². The Morgan fingerprint density at radius 3 is 2.92 bits per heavy atom. The quantitative estimate of drug-likeness (QED) is 0.639. The van der Waals surface area contributed by atoms with Crippen molar-refractivity contribution in [3.8, 4) is 0 Å². The molecule has 1 amide bonds. The second-order valence-corrected chi connectivity index (χ2v) is 3.67. The van der Waals surface area contributed by atoms with Crippen molar-refractivity contribution in [3.05, 3.63) is 0 Å². The molecule has 0 bridgehead atoms. The van der Waals surface area contributed by atoms with E-state index < -0.39 is 0 Å². The first kappa shape index (κ1) is 9.52. The molecule has 1 saturated carbocycles. The van der Waals surface area contributed by atoms with Crippen molar-refractivity contribution in [1.29, 1.82) is 0 Å². The lowest BCUT2D eigenvalue weighted by Crippen LogP contribution is -2.30. The van der Waals surface area contributed by atoms with E-state index in [2.05, 4.69) is 5.32 Å². The highest BCUT2D eigenvalue weighted by Gasteiger charge is 2.20. The average molecular weight is 170 g/mol. The van der Waals surface area contributed by atoms with Crippen LogP contribution in [0.4, 0.5) is 0 Å². The Bertz CT molecular complexity index is 159. The van der Waals surface area contributed by atoms with E-state index in [9.17, 15) is 4.79 Å². The molecule has 0 spiro atoms. The van der Waals surface area contributed by atoms with Crippen molar-refractivity contribution in [2.45, 2.75) is 38.1 Å². The minimum Gasteiger partial charge on any atom is -0.359 e. The molecule has 0 aromatic rings. The first-order valence-corrected chi connectivity index (χ1v) is 4.68. The van der Waals surface area contributed by atoms with Crippen molar-refractivity contribution in [3.63, 3.8) is 0 Å². The fourth-order valence-corrected chi connectivity index (χ4v) is 1.88. The van der Waals surface area contributed by atoms with Gasteiger partial charge >= 0.3 is 0 Å². The number of amides is 1. The monoisotopic (exact) mass is 170 g/mol. The van der Waals surface area contributed by atoms with Crippen molar-refractivity contribution in [1.82, 2.24) is 5.32 Å². The van der Waals surface area contributed by atoms with Gasteiger partial charge in [-0.1, -0.05) is 6.42 Å². The summed E-state index contributed by atoms with van der Waals surface area (Å²) < 4.78 is 0. The van der Waals surface area contributed by atoms with Crippen molar-refractivity contribution in [2.24, 2.45) is 11.7 Å². The largest absolute Gasteiger partial charge is 0.359 e. The molecule has 1 aliphatic rings. The third-order valence-electron chi connectivity index (χ3n) is 2.58. The Morgan fingerprint density at radius 1 is 1.58 bits per heavy atom. The maximum absolute atomic E-state index is 11.0. The lowest BCUT2D eigenvalue weighted by atomic mass is 9.84. The lowest BCUT2D eigenvalue weighted by molar-refractivity contribution is -0.121. The van der Waals surface area contributed by atoms with Crippen LogP contribution in [0, 0.1) is 5.92 Å². The van der Waals surface area contributed by atoms with Gasteiger partial charge < -0.3 is 11.1 Å². The fraction of sp³-hybridized carbons (Fsp3) is 0.889. The van der Waals surface area contributed by atoms with E-state index in [4.69, 9.17) is 5.73 Å². The summed E-state index contributed by atoms with van der Waals surface area (Å²) >= 11 is 0. The zero-order chi connectivity index (χ0) is 8.97. The number of nitrogens with two attached hydrogens (primary N) is 1. The maximum Gasteiger partial charge on any atom is 0.220 e. The molecule has 3 heteroatoms. The molecule has 3 nitrogen and oxygen atoms in total. The van der Waals surface area contributed by atoms with Gasteiger partial charge in [0.25, 0.3) is 0 Å². The van der Waals surface area contributed by atoms with Gasteiger partial charge in [0.2, 0.25) is 5.91 Å². The van der Waals surface area contributed by atoms with Gasteiger partial charge in [-0.25, -0.2) is 0 Å². The minimum atomic E-state index is 0.147. The summed E-state index contributed by atoms with van der Waals surface area (Å²) in [5, 5.41) is 2.65. The molecule has 0 heterocycles. The number of rotatable bonds is 2. The molecule has 2 atom stereocenters. The van der Waals surface area contributed by atoms with Crippen LogP contribution in [0.1, 0.15) is 32.1 Å². The van der Waals surface area contributed by atoms with Crippen LogP contribution in [-0.2, 0) is 4.79 Å². The zero-order valence-electron chi connectivity index (χ0n) is 7.68. The predicted octanol–water partition coefficient (Wildman–Crippen LogP) is 0.640. The Hall–Kier alpha value is -0.570. The maximum atomic E-state index is 11.0. The molecule has 0 aliphatic heterocycles. The topological polar surface area (TPSA) is 55.1 Å². The number of carbonyl (C=O) groups is 1. The van der Waals surface area contributed by atoms with E-state index in [0.717, 1.165) is 12.8 Å². The van der Waals surface area contributed by atoms with Gasteiger partial charge in [-0.3, -0.25) is 4.79 Å². The lowest BCUT2D eigenvalue weighted by Gasteiger charge is -2.25. The van der Waals surface area contributed by atoms with Crippen LogP contribution in [0.25, 0.3) is 0 Å². The number of hydrogen-bond acceptors (Lipinski definition) is 2. The van der Waals surface area contributed by atoms with E-state index in [1.807, 2.05) is 0 Å². The van der Waals surface area contributed by atoms with E-state index in [1.165, 1.54) is 12.8 Å². The first-order valence-electron chi connectivity index (χ1n) is 4.68. The average Bonchev–Trinajstić information content (AvgIpc) is 2.04. The molecule has 12 heavy (non-hydrogen) atoms. The highest BCUT2D eigenvalue weighted by atomic mass is 16.1. The molecule has 0 aromatic heterocycles. The third kappa shape index (κ3) is 2.81. The molecular formula is C9H18N2O. The highest BCUT2D eigenvalue weighted by molar-refractivity contribution is 5.75. The van der Waals surface area contributed by atoms with Crippen molar-refractivity contribution < 1.29 is 4.79 Å². The molecule has 1 aliphatic carbocycles. The summed E-state index contributed by atoms with van der Waals surface area (Å²) in [5.41, 5.74) is 5.81. The molecule has 2 unspecified atom stereocenters. The summed E-state index contributed by atoms with van der Waals surface area (Å²) in [6, 6.07) is 0.327. The van der Waals surface area contributed by atoms with Crippen LogP contribution in [-0.4, -0.2) is 19.0 Å². The smallest absolute Gasteiger partial charge is 0.220 e. The Morgan fingerprint density at radius 2 is 2.33 bits per heavy atom. The van der Waals surface area contributed by atoms with Crippen LogP contribution in [0.5, 0.6) is 0 Å². The molecule has 1 fully saturated rings. The number of nitrogens with one attached hydrogen (secondary N) is 1. The molecule has 0 radical (unpaired) electrons. The van der Waals surface area contributed by atoms with Gasteiger partial charge in [0.05, 0.1) is 0 Å². The van der Waals surface area contributed by atoms with Crippen LogP contribution in [0.2, 0.25) is 0 Å². The van der Waals surface area contributed by atoms with Gasteiger partial charge in [-0.15, -0.1) is 0 Å². The molecule has 0 saturated heterocycles. The first-order chi connectivity index (χ1) is 5.72. The van der Waals surface area contributed by atoms with Gasteiger partial charge in [0.15, 0.2) is 0 Å². The molecule has 70 valence electrons. The molecule has 3 N–H and O–H groups in total. The van der Waals surface area contributed by atoms with Gasteiger partial charge in [-0.2, -0.15) is 0 Å². The van der Waals surface area contributed by atoms with Gasteiger partial charge in [0, 0.05) is 19.5 Å².